The van der Waals surface area contributed by atoms with Crippen LogP contribution in [-0.2, 0) is 5.41 Å². The van der Waals surface area contributed by atoms with Crippen LogP contribution in [-0.4, -0.2) is 0 Å². The zero-order chi connectivity index (χ0) is 31.0. The van der Waals surface area contributed by atoms with E-state index in [-0.39, 0.29) is 5.41 Å². The first-order valence-corrected chi connectivity index (χ1v) is 16.8. The van der Waals surface area contributed by atoms with Crippen molar-refractivity contribution in [3.8, 4) is 22.3 Å². The van der Waals surface area contributed by atoms with Crippen LogP contribution in [0.1, 0.15) is 30.5 Å². The topological polar surface area (TPSA) is 3.24 Å². The van der Waals surface area contributed by atoms with Crippen molar-refractivity contribution < 1.29 is 0 Å². The third-order valence-electron chi connectivity index (χ3n) is 9.96. The summed E-state index contributed by atoms with van der Waals surface area (Å²) >= 11 is 1.87. The molecule has 0 atom stereocenters. The van der Waals surface area contributed by atoms with Crippen LogP contribution in [0.15, 0.2) is 146 Å². The SMILES string of the molecule is Cc1cccc2c1-c1ccc(N(c3cc4ccccc4cc3-c3ccccc3)c3cccc4sc5ccccc5c34)cc1C2(C)C. The number of benzene rings is 7. The van der Waals surface area contributed by atoms with E-state index in [1.54, 1.807) is 0 Å². The summed E-state index contributed by atoms with van der Waals surface area (Å²) in [5, 5.41) is 5.07. The number of hydrogen-bond donors (Lipinski definition) is 0. The van der Waals surface area contributed by atoms with E-state index in [4.69, 9.17) is 0 Å². The van der Waals surface area contributed by atoms with Gasteiger partial charge in [0.15, 0.2) is 0 Å². The number of hydrogen-bond acceptors (Lipinski definition) is 2. The highest BCUT2D eigenvalue weighted by Gasteiger charge is 2.37. The lowest BCUT2D eigenvalue weighted by Crippen LogP contribution is -2.17. The van der Waals surface area contributed by atoms with Gasteiger partial charge >= 0.3 is 0 Å². The van der Waals surface area contributed by atoms with Crippen molar-refractivity contribution in [2.24, 2.45) is 0 Å². The monoisotopic (exact) mass is 607 g/mol. The molecule has 0 saturated heterocycles. The molecule has 0 amide bonds. The lowest BCUT2D eigenvalue weighted by Gasteiger charge is -2.31. The number of thiophene rings is 1. The molecule has 0 aliphatic heterocycles. The molecule has 0 unspecified atom stereocenters. The van der Waals surface area contributed by atoms with Crippen molar-refractivity contribution in [1.82, 2.24) is 0 Å². The van der Waals surface area contributed by atoms with Crippen molar-refractivity contribution >= 4 is 59.3 Å². The molecule has 0 saturated carbocycles. The number of aryl methyl sites for hydroxylation is 1. The first kappa shape index (κ1) is 27.2. The molecule has 1 aliphatic carbocycles. The average Bonchev–Trinajstić information content (AvgIpc) is 3.58. The van der Waals surface area contributed by atoms with Crippen LogP contribution in [0.25, 0.3) is 53.2 Å². The Bertz CT molecular complexity index is 2470. The van der Waals surface area contributed by atoms with E-state index in [9.17, 15) is 0 Å². The van der Waals surface area contributed by atoms with E-state index in [0.29, 0.717) is 0 Å². The van der Waals surface area contributed by atoms with Crippen LogP contribution < -0.4 is 4.90 Å². The molecule has 1 nitrogen and oxygen atoms in total. The fourth-order valence-corrected chi connectivity index (χ4v) is 8.84. The first-order chi connectivity index (χ1) is 22.5. The molecule has 220 valence electrons. The normalized spacial score (nSPS) is 13.3. The molecule has 8 aromatic rings. The number of fused-ring (bicyclic) bond motifs is 7. The molecule has 2 heteroatoms. The summed E-state index contributed by atoms with van der Waals surface area (Å²) in [6.45, 7) is 7.00. The quantitative estimate of drug-likeness (QED) is 0.192. The van der Waals surface area contributed by atoms with Crippen molar-refractivity contribution in [2.75, 3.05) is 4.90 Å². The largest absolute Gasteiger partial charge is 0.309 e. The van der Waals surface area contributed by atoms with Crippen LogP contribution in [0.3, 0.4) is 0 Å². The van der Waals surface area contributed by atoms with Crippen LogP contribution in [0.2, 0.25) is 0 Å². The summed E-state index contributed by atoms with van der Waals surface area (Å²) in [6.07, 6.45) is 0. The van der Waals surface area contributed by atoms with Gasteiger partial charge in [-0.2, -0.15) is 0 Å². The van der Waals surface area contributed by atoms with E-state index < -0.39 is 0 Å². The molecule has 46 heavy (non-hydrogen) atoms. The third-order valence-corrected chi connectivity index (χ3v) is 11.1. The molecular formula is C44H33NS. The Labute approximate surface area is 274 Å². The maximum absolute atomic E-state index is 2.53. The predicted octanol–water partition coefficient (Wildman–Crippen LogP) is 13.0. The second-order valence-electron chi connectivity index (χ2n) is 13.0. The Balaban J connectivity index is 1.39. The molecule has 9 rings (SSSR count). The van der Waals surface area contributed by atoms with Gasteiger partial charge in [-0.15, -0.1) is 11.3 Å². The Hall–Kier alpha value is -5.18. The summed E-state index contributed by atoms with van der Waals surface area (Å²) < 4.78 is 2.61. The van der Waals surface area contributed by atoms with Crippen molar-refractivity contribution in [3.05, 3.63) is 162 Å². The Morgan fingerprint density at radius 2 is 1.26 bits per heavy atom. The van der Waals surface area contributed by atoms with E-state index in [0.717, 1.165) is 0 Å². The van der Waals surface area contributed by atoms with Crippen LogP contribution >= 0.6 is 11.3 Å². The average molecular weight is 608 g/mol. The zero-order valence-corrected chi connectivity index (χ0v) is 27.0. The van der Waals surface area contributed by atoms with Gasteiger partial charge in [-0.05, 0) is 93.5 Å². The molecule has 1 aromatic heterocycles. The van der Waals surface area contributed by atoms with E-state index in [2.05, 4.69) is 171 Å². The van der Waals surface area contributed by atoms with E-state index in [1.807, 2.05) is 11.3 Å². The fourth-order valence-electron chi connectivity index (χ4n) is 7.71. The van der Waals surface area contributed by atoms with E-state index in [1.165, 1.54) is 87.0 Å². The molecule has 1 aliphatic rings. The van der Waals surface area contributed by atoms with Gasteiger partial charge in [0.05, 0.1) is 11.4 Å². The van der Waals surface area contributed by atoms with Crippen LogP contribution in [0, 0.1) is 6.92 Å². The zero-order valence-electron chi connectivity index (χ0n) is 26.2. The number of nitrogens with zero attached hydrogens (tertiary/aromatic N) is 1. The summed E-state index contributed by atoms with van der Waals surface area (Å²) in [7, 11) is 0. The molecule has 7 aromatic carbocycles. The maximum Gasteiger partial charge on any atom is 0.0555 e. The van der Waals surface area contributed by atoms with Gasteiger partial charge in [0.2, 0.25) is 0 Å². The Morgan fingerprint density at radius 1 is 0.543 bits per heavy atom. The third kappa shape index (κ3) is 4.00. The molecule has 0 fully saturated rings. The molecule has 0 spiro atoms. The van der Waals surface area contributed by atoms with Crippen LogP contribution in [0.5, 0.6) is 0 Å². The van der Waals surface area contributed by atoms with Crippen molar-refractivity contribution in [3.63, 3.8) is 0 Å². The maximum atomic E-state index is 2.53. The van der Waals surface area contributed by atoms with Crippen LogP contribution in [0.4, 0.5) is 17.1 Å². The van der Waals surface area contributed by atoms with Gasteiger partial charge in [-0.25, -0.2) is 0 Å². The highest BCUT2D eigenvalue weighted by molar-refractivity contribution is 7.26. The fraction of sp³-hybridized carbons (Fsp3) is 0.0909. The van der Waals surface area contributed by atoms with Gasteiger partial charge < -0.3 is 4.90 Å². The highest BCUT2D eigenvalue weighted by atomic mass is 32.1. The van der Waals surface area contributed by atoms with Gasteiger partial charge in [0.25, 0.3) is 0 Å². The summed E-state index contributed by atoms with van der Waals surface area (Å²) in [4.78, 5) is 2.53. The second kappa shape index (κ2) is 10.2. The minimum Gasteiger partial charge on any atom is -0.309 e. The molecular weight excluding hydrogens is 575 g/mol. The Morgan fingerprint density at radius 3 is 2.11 bits per heavy atom. The van der Waals surface area contributed by atoms with Crippen molar-refractivity contribution in [2.45, 2.75) is 26.2 Å². The van der Waals surface area contributed by atoms with Gasteiger partial charge in [-0.1, -0.05) is 117 Å². The molecule has 0 radical (unpaired) electrons. The molecule has 0 bridgehead atoms. The van der Waals surface area contributed by atoms with Gasteiger partial charge in [-0.3, -0.25) is 0 Å². The lowest BCUT2D eigenvalue weighted by atomic mass is 9.82. The molecule has 1 heterocycles. The minimum absolute atomic E-state index is 0.106. The first-order valence-electron chi connectivity index (χ1n) is 16.0. The smallest absolute Gasteiger partial charge is 0.0555 e. The molecule has 0 N–H and O–H groups in total. The standard InChI is InChI=1S/C44H33NS/c1-28-13-11-19-36-42(28)33-24-23-32(27-37(33)44(36,2)3)45(38-20-12-22-41-43(38)34-18-9-10-21-40(34)46-41)39-26-31-17-8-7-16-30(31)25-35(39)29-14-5-4-6-15-29/h4-27H,1-3H3. The number of rotatable bonds is 4. The second-order valence-corrected chi connectivity index (χ2v) is 14.1. The summed E-state index contributed by atoms with van der Waals surface area (Å²) in [6, 6.07) is 53.9. The number of anilines is 3. The van der Waals surface area contributed by atoms with Gasteiger partial charge in [0, 0.05) is 36.8 Å². The summed E-state index contributed by atoms with van der Waals surface area (Å²) in [5.74, 6) is 0. The lowest BCUT2D eigenvalue weighted by molar-refractivity contribution is 0.660. The predicted molar refractivity (Wildman–Crippen MR) is 199 cm³/mol. The van der Waals surface area contributed by atoms with E-state index >= 15 is 0 Å². The summed E-state index contributed by atoms with van der Waals surface area (Å²) in [5.41, 5.74) is 12.7. The minimum atomic E-state index is -0.106. The van der Waals surface area contributed by atoms with Gasteiger partial charge in [0.1, 0.15) is 0 Å². The Kier molecular flexibility index (Phi) is 6.00. The van der Waals surface area contributed by atoms with Crippen molar-refractivity contribution in [1.29, 1.82) is 0 Å². The highest BCUT2D eigenvalue weighted by Crippen LogP contribution is 2.53.